The second kappa shape index (κ2) is 6.06. The van der Waals surface area contributed by atoms with Gasteiger partial charge in [-0.3, -0.25) is 0 Å². The van der Waals surface area contributed by atoms with Crippen LogP contribution in [0.25, 0.3) is 11.3 Å². The molecule has 0 radical (unpaired) electrons. The van der Waals surface area contributed by atoms with Crippen LogP contribution < -0.4 is 5.32 Å². The Morgan fingerprint density at radius 1 is 1.35 bits per heavy atom. The molecule has 1 heterocycles. The van der Waals surface area contributed by atoms with Crippen LogP contribution in [0.2, 0.25) is 0 Å². The average molecular weight is 338 g/mol. The van der Waals surface area contributed by atoms with Gasteiger partial charge in [-0.1, -0.05) is 12.8 Å². The lowest BCUT2D eigenvalue weighted by molar-refractivity contribution is 0.515. The first-order chi connectivity index (χ1) is 9.72. The SMILES string of the molecule is Fc1ccc(-c2cnc(CNC3CCCC3)[nH]2)c(Br)c1. The molecule has 0 unspecified atom stereocenters. The van der Waals surface area contributed by atoms with E-state index in [1.54, 1.807) is 12.3 Å². The summed E-state index contributed by atoms with van der Waals surface area (Å²) in [5, 5.41) is 3.52. The highest BCUT2D eigenvalue weighted by Crippen LogP contribution is 2.27. The predicted octanol–water partition coefficient (Wildman–Crippen LogP) is 4.01. The van der Waals surface area contributed by atoms with Crippen LogP contribution in [-0.2, 0) is 6.54 Å². The van der Waals surface area contributed by atoms with E-state index in [2.05, 4.69) is 31.2 Å². The van der Waals surface area contributed by atoms with Crippen molar-refractivity contribution in [3.8, 4) is 11.3 Å². The fraction of sp³-hybridized carbons (Fsp3) is 0.400. The first-order valence-corrected chi connectivity index (χ1v) is 7.74. The van der Waals surface area contributed by atoms with Gasteiger partial charge in [0, 0.05) is 16.1 Å². The molecule has 0 atom stereocenters. The lowest BCUT2D eigenvalue weighted by Crippen LogP contribution is -2.25. The zero-order valence-corrected chi connectivity index (χ0v) is 12.7. The van der Waals surface area contributed by atoms with E-state index >= 15 is 0 Å². The topological polar surface area (TPSA) is 40.7 Å². The number of rotatable bonds is 4. The second-order valence-electron chi connectivity index (χ2n) is 5.23. The molecule has 0 aliphatic heterocycles. The Bertz CT molecular complexity index is 591. The van der Waals surface area contributed by atoms with E-state index in [4.69, 9.17) is 0 Å². The monoisotopic (exact) mass is 337 g/mol. The van der Waals surface area contributed by atoms with E-state index in [-0.39, 0.29) is 5.82 Å². The number of aromatic amines is 1. The van der Waals surface area contributed by atoms with Crippen molar-refractivity contribution in [2.24, 2.45) is 0 Å². The highest BCUT2D eigenvalue weighted by molar-refractivity contribution is 9.10. The van der Waals surface area contributed by atoms with Gasteiger partial charge in [-0.05, 0) is 47.0 Å². The zero-order valence-electron chi connectivity index (χ0n) is 11.1. The van der Waals surface area contributed by atoms with Crippen LogP contribution in [0, 0.1) is 5.82 Å². The number of nitrogens with one attached hydrogen (secondary N) is 2. The number of imidazole rings is 1. The summed E-state index contributed by atoms with van der Waals surface area (Å²) in [6.07, 6.45) is 6.96. The van der Waals surface area contributed by atoms with E-state index in [1.165, 1.54) is 37.8 Å². The van der Waals surface area contributed by atoms with E-state index in [0.717, 1.165) is 28.1 Å². The van der Waals surface area contributed by atoms with Gasteiger partial charge in [0.1, 0.15) is 11.6 Å². The van der Waals surface area contributed by atoms with Crippen molar-refractivity contribution in [1.82, 2.24) is 15.3 Å². The van der Waals surface area contributed by atoms with Crippen LogP contribution in [0.5, 0.6) is 0 Å². The number of hydrogen-bond acceptors (Lipinski definition) is 2. The van der Waals surface area contributed by atoms with Crippen molar-refractivity contribution in [3.05, 3.63) is 40.5 Å². The number of hydrogen-bond donors (Lipinski definition) is 2. The Balaban J connectivity index is 1.69. The molecule has 2 aromatic rings. The molecule has 1 aliphatic rings. The lowest BCUT2D eigenvalue weighted by atomic mass is 10.2. The Kier molecular flexibility index (Phi) is 4.17. The molecule has 0 spiro atoms. The third kappa shape index (κ3) is 3.10. The van der Waals surface area contributed by atoms with E-state index in [0.29, 0.717) is 6.04 Å². The standard InChI is InChI=1S/C15H17BrFN3/c16-13-7-10(17)5-6-12(13)14-8-19-15(20-14)9-18-11-3-1-2-4-11/h5-8,11,18H,1-4,9H2,(H,19,20). The summed E-state index contributed by atoms with van der Waals surface area (Å²) in [5.41, 5.74) is 1.83. The van der Waals surface area contributed by atoms with Crippen molar-refractivity contribution >= 4 is 15.9 Å². The largest absolute Gasteiger partial charge is 0.341 e. The van der Waals surface area contributed by atoms with Crippen LogP contribution >= 0.6 is 15.9 Å². The molecule has 1 aromatic heterocycles. The maximum absolute atomic E-state index is 13.1. The molecule has 2 N–H and O–H groups in total. The highest BCUT2D eigenvalue weighted by atomic mass is 79.9. The smallest absolute Gasteiger partial charge is 0.124 e. The molecule has 20 heavy (non-hydrogen) atoms. The molecule has 3 rings (SSSR count). The molecule has 5 heteroatoms. The van der Waals surface area contributed by atoms with Gasteiger partial charge in [0.05, 0.1) is 18.4 Å². The summed E-state index contributed by atoms with van der Waals surface area (Å²) >= 11 is 3.38. The lowest BCUT2D eigenvalue weighted by Gasteiger charge is -2.09. The van der Waals surface area contributed by atoms with Gasteiger partial charge < -0.3 is 10.3 Å². The van der Waals surface area contributed by atoms with Crippen LogP contribution in [0.15, 0.2) is 28.9 Å². The maximum atomic E-state index is 13.1. The van der Waals surface area contributed by atoms with Gasteiger partial charge in [0.15, 0.2) is 0 Å². The molecule has 1 aliphatic carbocycles. The molecule has 0 amide bonds. The Labute approximate surface area is 126 Å². The summed E-state index contributed by atoms with van der Waals surface area (Å²) in [6.45, 7) is 0.753. The number of benzene rings is 1. The van der Waals surface area contributed by atoms with Gasteiger partial charge in [-0.25, -0.2) is 9.37 Å². The molecule has 0 saturated heterocycles. The Morgan fingerprint density at radius 2 is 2.15 bits per heavy atom. The van der Waals surface area contributed by atoms with Crippen LogP contribution in [0.3, 0.4) is 0 Å². The van der Waals surface area contributed by atoms with Crippen molar-refractivity contribution in [3.63, 3.8) is 0 Å². The minimum atomic E-state index is -0.247. The molecule has 3 nitrogen and oxygen atoms in total. The van der Waals surface area contributed by atoms with Crippen molar-refractivity contribution in [1.29, 1.82) is 0 Å². The van der Waals surface area contributed by atoms with E-state index in [1.807, 2.05) is 0 Å². The summed E-state index contributed by atoms with van der Waals surface area (Å²) in [5.74, 6) is 0.673. The minimum Gasteiger partial charge on any atom is -0.341 e. The normalized spacial score (nSPS) is 15.9. The third-order valence-electron chi connectivity index (χ3n) is 3.76. The van der Waals surface area contributed by atoms with E-state index < -0.39 is 0 Å². The van der Waals surface area contributed by atoms with E-state index in [9.17, 15) is 4.39 Å². The first-order valence-electron chi connectivity index (χ1n) is 6.95. The van der Waals surface area contributed by atoms with Gasteiger partial charge >= 0.3 is 0 Å². The molecular formula is C15H17BrFN3. The molecular weight excluding hydrogens is 321 g/mol. The molecule has 0 bridgehead atoms. The van der Waals surface area contributed by atoms with Crippen molar-refractivity contribution in [2.75, 3.05) is 0 Å². The highest BCUT2D eigenvalue weighted by Gasteiger charge is 2.14. The van der Waals surface area contributed by atoms with Crippen LogP contribution in [-0.4, -0.2) is 16.0 Å². The zero-order chi connectivity index (χ0) is 13.9. The fourth-order valence-corrected chi connectivity index (χ4v) is 3.23. The number of aromatic nitrogens is 2. The Morgan fingerprint density at radius 3 is 2.90 bits per heavy atom. The number of nitrogens with zero attached hydrogens (tertiary/aromatic N) is 1. The number of H-pyrrole nitrogens is 1. The molecule has 1 aromatic carbocycles. The second-order valence-corrected chi connectivity index (χ2v) is 6.08. The maximum Gasteiger partial charge on any atom is 0.124 e. The number of halogens is 2. The van der Waals surface area contributed by atoms with Crippen molar-refractivity contribution < 1.29 is 4.39 Å². The Hall–Kier alpha value is -1.20. The summed E-state index contributed by atoms with van der Waals surface area (Å²) in [6, 6.07) is 5.30. The van der Waals surface area contributed by atoms with Crippen LogP contribution in [0.1, 0.15) is 31.5 Å². The van der Waals surface area contributed by atoms with Crippen molar-refractivity contribution in [2.45, 2.75) is 38.3 Å². The summed E-state index contributed by atoms with van der Waals surface area (Å²) in [7, 11) is 0. The van der Waals surface area contributed by atoms with Gasteiger partial charge in [0.2, 0.25) is 0 Å². The summed E-state index contributed by atoms with van der Waals surface area (Å²) < 4.78 is 13.8. The van der Waals surface area contributed by atoms with Crippen LogP contribution in [0.4, 0.5) is 4.39 Å². The van der Waals surface area contributed by atoms with Gasteiger partial charge in [-0.15, -0.1) is 0 Å². The first kappa shape index (κ1) is 13.8. The fourth-order valence-electron chi connectivity index (χ4n) is 2.67. The third-order valence-corrected chi connectivity index (χ3v) is 4.42. The van der Waals surface area contributed by atoms with Gasteiger partial charge in [-0.2, -0.15) is 0 Å². The average Bonchev–Trinajstić information content (AvgIpc) is 3.07. The minimum absolute atomic E-state index is 0.247. The molecule has 1 fully saturated rings. The van der Waals surface area contributed by atoms with Gasteiger partial charge in [0.25, 0.3) is 0 Å². The quantitative estimate of drug-likeness (QED) is 0.884. The molecule has 1 saturated carbocycles. The predicted molar refractivity (Wildman–Crippen MR) is 80.8 cm³/mol. The summed E-state index contributed by atoms with van der Waals surface area (Å²) in [4.78, 5) is 7.67. The molecule has 106 valence electrons.